The van der Waals surface area contributed by atoms with Crippen LogP contribution in [0.2, 0.25) is 0 Å². The summed E-state index contributed by atoms with van der Waals surface area (Å²) in [6.07, 6.45) is 1.10. The average molecular weight is 388 g/mol. The molecule has 0 saturated carbocycles. The van der Waals surface area contributed by atoms with Crippen LogP contribution in [0, 0.1) is 0 Å². The van der Waals surface area contributed by atoms with Crippen LogP contribution in [0.5, 0.6) is 0 Å². The fraction of sp³-hybridized carbons (Fsp3) is 0.500. The Balaban J connectivity index is 0.00000225. The van der Waals surface area contributed by atoms with Crippen LogP contribution < -0.4 is 0 Å². The first-order chi connectivity index (χ1) is 11.2. The van der Waals surface area contributed by atoms with E-state index in [9.17, 15) is 13.2 Å². The first-order valence-corrected chi connectivity index (χ1v) is 9.20. The molecule has 0 bridgehead atoms. The lowest BCUT2D eigenvalue weighted by Crippen LogP contribution is -2.39. The van der Waals surface area contributed by atoms with Crippen molar-refractivity contribution in [1.82, 2.24) is 14.2 Å². The van der Waals surface area contributed by atoms with E-state index in [2.05, 4.69) is 4.98 Å². The maximum absolute atomic E-state index is 12.6. The molecular formula is C16H22ClN3O4S. The zero-order chi connectivity index (χ0) is 17.5. The molecule has 0 aliphatic carbocycles. The van der Waals surface area contributed by atoms with Gasteiger partial charge in [0.05, 0.1) is 0 Å². The smallest absolute Gasteiger partial charge is 0.410 e. The van der Waals surface area contributed by atoms with Crippen molar-refractivity contribution in [1.29, 1.82) is 0 Å². The lowest BCUT2D eigenvalue weighted by atomic mass is 10.2. The first kappa shape index (κ1) is 19.7. The van der Waals surface area contributed by atoms with E-state index in [4.69, 9.17) is 4.74 Å². The van der Waals surface area contributed by atoms with Gasteiger partial charge in [0.25, 0.3) is 10.0 Å². The SMILES string of the molecule is CC(C)(C)OC(=O)N1CC2=C(C1)CN(S(=O)(=O)c1ccccn1)C2.Cl. The number of carbonyl (C=O) groups is 1. The molecule has 0 unspecified atom stereocenters. The van der Waals surface area contributed by atoms with Gasteiger partial charge in [0.1, 0.15) is 5.60 Å². The molecule has 3 rings (SSSR count). The Labute approximate surface area is 154 Å². The zero-order valence-corrected chi connectivity index (χ0v) is 16.1. The number of pyridine rings is 1. The topological polar surface area (TPSA) is 79.8 Å². The minimum atomic E-state index is -3.60. The zero-order valence-electron chi connectivity index (χ0n) is 14.4. The summed E-state index contributed by atoms with van der Waals surface area (Å²) < 4.78 is 32.0. The van der Waals surface area contributed by atoms with Gasteiger partial charge < -0.3 is 9.64 Å². The molecule has 1 aromatic heterocycles. The highest BCUT2D eigenvalue weighted by Gasteiger charge is 2.39. The van der Waals surface area contributed by atoms with Crippen LogP contribution in [-0.4, -0.2) is 60.5 Å². The van der Waals surface area contributed by atoms with Gasteiger partial charge in [-0.05, 0) is 44.1 Å². The third kappa shape index (κ3) is 4.13. The standard InChI is InChI=1S/C16H21N3O4S.ClH/c1-16(2,3)23-15(20)18-8-12-10-19(11-13(12)9-18)24(21,22)14-6-4-5-7-17-14;/h4-7H,8-11H2,1-3H3;1H. The van der Waals surface area contributed by atoms with Gasteiger partial charge in [0.2, 0.25) is 0 Å². The number of ether oxygens (including phenoxy) is 1. The summed E-state index contributed by atoms with van der Waals surface area (Å²) in [6.45, 7) is 6.90. The fourth-order valence-corrected chi connectivity index (χ4v) is 4.16. The Morgan fingerprint density at radius 3 is 2.20 bits per heavy atom. The molecular weight excluding hydrogens is 366 g/mol. The van der Waals surface area contributed by atoms with Crippen molar-refractivity contribution in [3.8, 4) is 0 Å². The lowest BCUT2D eigenvalue weighted by molar-refractivity contribution is 0.0295. The van der Waals surface area contributed by atoms with Crippen LogP contribution in [0.3, 0.4) is 0 Å². The molecule has 0 saturated heterocycles. The quantitative estimate of drug-likeness (QED) is 0.725. The monoisotopic (exact) mass is 387 g/mol. The Hall–Kier alpha value is -1.64. The largest absolute Gasteiger partial charge is 0.444 e. The highest BCUT2D eigenvalue weighted by molar-refractivity contribution is 7.89. The molecule has 138 valence electrons. The van der Waals surface area contributed by atoms with E-state index < -0.39 is 15.6 Å². The normalized spacial score (nSPS) is 18.1. The number of nitrogens with zero attached hydrogens (tertiary/aromatic N) is 3. The molecule has 0 spiro atoms. The average Bonchev–Trinajstić information content (AvgIpc) is 3.05. The van der Waals surface area contributed by atoms with Crippen LogP contribution >= 0.6 is 12.4 Å². The van der Waals surface area contributed by atoms with Crippen molar-refractivity contribution in [3.63, 3.8) is 0 Å². The lowest BCUT2D eigenvalue weighted by Gasteiger charge is -2.26. The van der Waals surface area contributed by atoms with Crippen LogP contribution in [0.4, 0.5) is 4.79 Å². The van der Waals surface area contributed by atoms with E-state index >= 15 is 0 Å². The summed E-state index contributed by atoms with van der Waals surface area (Å²) in [5.74, 6) is 0. The second-order valence-electron chi connectivity index (χ2n) is 6.98. The molecule has 1 amide bonds. The second-order valence-corrected chi connectivity index (χ2v) is 8.87. The fourth-order valence-electron chi connectivity index (χ4n) is 2.80. The van der Waals surface area contributed by atoms with Gasteiger partial charge in [-0.2, -0.15) is 4.31 Å². The molecule has 2 aliphatic heterocycles. The van der Waals surface area contributed by atoms with E-state index in [0.717, 1.165) is 11.1 Å². The number of sulfonamides is 1. The van der Waals surface area contributed by atoms with E-state index in [1.165, 1.54) is 16.6 Å². The number of amides is 1. The Bertz CT molecular complexity index is 769. The number of halogens is 1. The van der Waals surface area contributed by atoms with E-state index in [0.29, 0.717) is 26.2 Å². The van der Waals surface area contributed by atoms with Gasteiger partial charge in [-0.3, -0.25) is 0 Å². The summed E-state index contributed by atoms with van der Waals surface area (Å²) in [7, 11) is -3.60. The van der Waals surface area contributed by atoms with Crippen molar-refractivity contribution in [2.45, 2.75) is 31.4 Å². The van der Waals surface area contributed by atoms with Crippen molar-refractivity contribution < 1.29 is 17.9 Å². The number of aromatic nitrogens is 1. The van der Waals surface area contributed by atoms with Crippen molar-refractivity contribution in [2.24, 2.45) is 0 Å². The molecule has 9 heteroatoms. The minimum absolute atomic E-state index is 0. The predicted molar refractivity (Wildman–Crippen MR) is 95.1 cm³/mol. The van der Waals surface area contributed by atoms with Gasteiger partial charge in [-0.15, -0.1) is 12.4 Å². The van der Waals surface area contributed by atoms with E-state index in [-0.39, 0.29) is 23.5 Å². The predicted octanol–water partition coefficient (Wildman–Crippen LogP) is 2.06. The molecule has 3 heterocycles. The third-order valence-electron chi connectivity index (χ3n) is 3.89. The van der Waals surface area contributed by atoms with Crippen molar-refractivity contribution in [3.05, 3.63) is 35.5 Å². The van der Waals surface area contributed by atoms with Crippen molar-refractivity contribution in [2.75, 3.05) is 26.2 Å². The highest BCUT2D eigenvalue weighted by atomic mass is 35.5. The van der Waals surface area contributed by atoms with Gasteiger partial charge in [0, 0.05) is 32.4 Å². The Morgan fingerprint density at radius 1 is 1.12 bits per heavy atom. The maximum Gasteiger partial charge on any atom is 0.410 e. The molecule has 0 radical (unpaired) electrons. The first-order valence-electron chi connectivity index (χ1n) is 7.76. The molecule has 0 fully saturated rings. The molecule has 25 heavy (non-hydrogen) atoms. The van der Waals surface area contributed by atoms with Crippen LogP contribution in [0.1, 0.15) is 20.8 Å². The molecule has 0 N–H and O–H groups in total. The second kappa shape index (κ2) is 6.93. The summed E-state index contributed by atoms with van der Waals surface area (Å²) in [6, 6.07) is 4.83. The van der Waals surface area contributed by atoms with Crippen molar-refractivity contribution >= 4 is 28.5 Å². The number of hydrogen-bond donors (Lipinski definition) is 0. The summed E-state index contributed by atoms with van der Waals surface area (Å²) in [5, 5.41) is 0.0511. The molecule has 0 aromatic carbocycles. The maximum atomic E-state index is 12.6. The van der Waals surface area contributed by atoms with E-state index in [1.807, 2.05) is 20.8 Å². The van der Waals surface area contributed by atoms with Gasteiger partial charge >= 0.3 is 6.09 Å². The number of rotatable bonds is 2. The third-order valence-corrected chi connectivity index (χ3v) is 5.60. The summed E-state index contributed by atoms with van der Waals surface area (Å²) in [5.41, 5.74) is 1.40. The van der Waals surface area contributed by atoms with Gasteiger partial charge in [-0.1, -0.05) is 6.07 Å². The highest BCUT2D eigenvalue weighted by Crippen LogP contribution is 2.30. The minimum Gasteiger partial charge on any atom is -0.444 e. The van der Waals surface area contributed by atoms with E-state index in [1.54, 1.807) is 17.0 Å². The molecule has 1 aromatic rings. The van der Waals surface area contributed by atoms with Crippen LogP contribution in [0.15, 0.2) is 40.6 Å². The van der Waals surface area contributed by atoms with Crippen LogP contribution in [0.25, 0.3) is 0 Å². The van der Waals surface area contributed by atoms with Gasteiger partial charge in [0.15, 0.2) is 5.03 Å². The Morgan fingerprint density at radius 2 is 1.72 bits per heavy atom. The summed E-state index contributed by atoms with van der Waals surface area (Å²) >= 11 is 0. The molecule has 2 aliphatic rings. The summed E-state index contributed by atoms with van der Waals surface area (Å²) in [4.78, 5) is 17.7. The van der Waals surface area contributed by atoms with Crippen LogP contribution in [-0.2, 0) is 14.8 Å². The van der Waals surface area contributed by atoms with Gasteiger partial charge in [-0.25, -0.2) is 18.2 Å². The number of carbonyl (C=O) groups excluding carboxylic acids is 1. The molecule has 7 nitrogen and oxygen atoms in total. The Kier molecular flexibility index (Phi) is 5.46. The number of hydrogen-bond acceptors (Lipinski definition) is 5. The molecule has 0 atom stereocenters.